The minimum atomic E-state index is 0.286. The highest BCUT2D eigenvalue weighted by Gasteiger charge is 2.13. The Morgan fingerprint density at radius 2 is 1.89 bits per heavy atom. The van der Waals surface area contributed by atoms with Crippen LogP contribution in [0, 0.1) is 20.8 Å². The molecule has 0 saturated carbocycles. The van der Waals surface area contributed by atoms with Gasteiger partial charge in [-0.15, -0.1) is 0 Å². The molecule has 2 N–H and O–H groups in total. The lowest BCUT2D eigenvalue weighted by Crippen LogP contribution is -2.23. The van der Waals surface area contributed by atoms with Gasteiger partial charge in [0.05, 0.1) is 7.11 Å². The number of nitrogens with zero attached hydrogens (tertiary/aromatic N) is 1. The fourth-order valence-corrected chi connectivity index (χ4v) is 2.52. The summed E-state index contributed by atoms with van der Waals surface area (Å²) < 4.78 is 5.47. The first-order chi connectivity index (χ1) is 8.88. The average Bonchev–Trinajstić information content (AvgIpc) is 2.33. The second-order valence-electron chi connectivity index (χ2n) is 5.54. The van der Waals surface area contributed by atoms with Gasteiger partial charge in [0.15, 0.2) is 0 Å². The van der Waals surface area contributed by atoms with Gasteiger partial charge in [-0.3, -0.25) is 0 Å². The third kappa shape index (κ3) is 3.87. The number of nitrogens with two attached hydrogens (primary N) is 1. The molecule has 108 valence electrons. The molecule has 3 nitrogen and oxygen atoms in total. The lowest BCUT2D eigenvalue weighted by molar-refractivity contribution is 0.408. The zero-order valence-electron chi connectivity index (χ0n) is 13.2. The van der Waals surface area contributed by atoms with Gasteiger partial charge in [0.25, 0.3) is 0 Å². The monoisotopic (exact) mass is 264 g/mol. The summed E-state index contributed by atoms with van der Waals surface area (Å²) in [5, 5.41) is 0. The van der Waals surface area contributed by atoms with Gasteiger partial charge in [-0.2, -0.15) is 0 Å². The fraction of sp³-hybridized carbons (Fsp3) is 0.625. The maximum atomic E-state index is 5.80. The second-order valence-corrected chi connectivity index (χ2v) is 5.54. The van der Waals surface area contributed by atoms with Crippen molar-refractivity contribution in [1.29, 1.82) is 0 Å². The number of hydrogen-bond acceptors (Lipinski definition) is 3. The Balaban J connectivity index is 2.89. The highest BCUT2D eigenvalue weighted by Crippen LogP contribution is 2.33. The second kappa shape index (κ2) is 6.80. The summed E-state index contributed by atoms with van der Waals surface area (Å²) in [7, 11) is 3.88. The first-order valence-corrected chi connectivity index (χ1v) is 7.00. The maximum absolute atomic E-state index is 5.80. The molecule has 0 radical (unpaired) electrons. The number of rotatable bonds is 6. The zero-order chi connectivity index (χ0) is 14.6. The summed E-state index contributed by atoms with van der Waals surface area (Å²) in [6.45, 7) is 9.49. The van der Waals surface area contributed by atoms with Crippen LogP contribution in [0.3, 0.4) is 0 Å². The predicted molar refractivity (Wildman–Crippen MR) is 83.4 cm³/mol. The van der Waals surface area contributed by atoms with E-state index in [1.807, 2.05) is 0 Å². The van der Waals surface area contributed by atoms with Crippen LogP contribution < -0.4 is 15.4 Å². The van der Waals surface area contributed by atoms with Crippen molar-refractivity contribution in [2.45, 2.75) is 46.6 Å². The molecular weight excluding hydrogens is 236 g/mol. The van der Waals surface area contributed by atoms with Crippen molar-refractivity contribution in [2.24, 2.45) is 5.73 Å². The first kappa shape index (κ1) is 15.8. The van der Waals surface area contributed by atoms with Crippen LogP contribution in [0.1, 0.15) is 36.5 Å². The largest absolute Gasteiger partial charge is 0.496 e. The molecule has 0 amide bonds. The van der Waals surface area contributed by atoms with Gasteiger partial charge in [-0.1, -0.05) is 0 Å². The van der Waals surface area contributed by atoms with Crippen molar-refractivity contribution in [2.75, 3.05) is 25.6 Å². The van der Waals surface area contributed by atoms with Gasteiger partial charge in [0.1, 0.15) is 5.75 Å². The van der Waals surface area contributed by atoms with Gasteiger partial charge in [0, 0.05) is 25.3 Å². The van der Waals surface area contributed by atoms with Gasteiger partial charge in [-0.05, 0) is 63.3 Å². The van der Waals surface area contributed by atoms with Crippen molar-refractivity contribution in [3.05, 3.63) is 22.8 Å². The molecule has 1 rings (SSSR count). The van der Waals surface area contributed by atoms with Crippen LogP contribution in [-0.4, -0.2) is 26.7 Å². The molecule has 19 heavy (non-hydrogen) atoms. The van der Waals surface area contributed by atoms with Gasteiger partial charge < -0.3 is 15.4 Å². The van der Waals surface area contributed by atoms with Gasteiger partial charge in [-0.25, -0.2) is 0 Å². The molecule has 0 heterocycles. The minimum absolute atomic E-state index is 0.286. The van der Waals surface area contributed by atoms with Crippen LogP contribution in [0.15, 0.2) is 6.07 Å². The van der Waals surface area contributed by atoms with Crippen LogP contribution >= 0.6 is 0 Å². The van der Waals surface area contributed by atoms with Crippen LogP contribution in [-0.2, 0) is 0 Å². The van der Waals surface area contributed by atoms with E-state index < -0.39 is 0 Å². The van der Waals surface area contributed by atoms with E-state index >= 15 is 0 Å². The molecule has 0 aliphatic carbocycles. The third-order valence-corrected chi connectivity index (χ3v) is 3.77. The summed E-state index contributed by atoms with van der Waals surface area (Å²) in [6.07, 6.45) is 2.19. The molecule has 0 aliphatic rings. The quantitative estimate of drug-likeness (QED) is 0.857. The number of methoxy groups -OCH3 is 1. The number of benzene rings is 1. The Morgan fingerprint density at radius 1 is 1.26 bits per heavy atom. The molecule has 0 saturated heterocycles. The Kier molecular flexibility index (Phi) is 5.67. The molecule has 1 aromatic rings. The van der Waals surface area contributed by atoms with E-state index in [0.29, 0.717) is 0 Å². The minimum Gasteiger partial charge on any atom is -0.496 e. The summed E-state index contributed by atoms with van der Waals surface area (Å²) >= 11 is 0. The SMILES string of the molecule is COc1c(C)cc(N(C)CCCC(C)N)c(C)c1C. The number of hydrogen-bond donors (Lipinski definition) is 1. The van der Waals surface area contributed by atoms with Crippen molar-refractivity contribution in [1.82, 2.24) is 0 Å². The molecule has 0 aromatic heterocycles. The topological polar surface area (TPSA) is 38.5 Å². The summed E-state index contributed by atoms with van der Waals surface area (Å²) in [4.78, 5) is 2.32. The number of aryl methyl sites for hydroxylation is 1. The lowest BCUT2D eigenvalue weighted by Gasteiger charge is -2.25. The van der Waals surface area contributed by atoms with E-state index in [-0.39, 0.29) is 6.04 Å². The Bertz CT molecular complexity index is 427. The zero-order valence-corrected chi connectivity index (χ0v) is 13.2. The van der Waals surface area contributed by atoms with E-state index in [9.17, 15) is 0 Å². The van der Waals surface area contributed by atoms with Crippen LogP contribution in [0.5, 0.6) is 5.75 Å². The Morgan fingerprint density at radius 3 is 2.42 bits per heavy atom. The van der Waals surface area contributed by atoms with Crippen molar-refractivity contribution < 1.29 is 4.74 Å². The number of ether oxygens (including phenoxy) is 1. The van der Waals surface area contributed by atoms with E-state index in [0.717, 1.165) is 25.1 Å². The summed E-state index contributed by atoms with van der Waals surface area (Å²) in [5.41, 5.74) is 10.8. The molecule has 0 spiro atoms. The van der Waals surface area contributed by atoms with Crippen LogP contribution in [0.2, 0.25) is 0 Å². The normalized spacial score (nSPS) is 12.4. The summed E-state index contributed by atoms with van der Waals surface area (Å²) in [6, 6.07) is 2.50. The molecule has 0 aliphatic heterocycles. The van der Waals surface area contributed by atoms with Crippen LogP contribution in [0.4, 0.5) is 5.69 Å². The standard InChI is InChI=1S/C16H28N2O/c1-11-10-15(13(3)14(4)16(11)19-6)18(5)9-7-8-12(2)17/h10,12H,7-9,17H2,1-6H3. The predicted octanol–water partition coefficient (Wildman–Crippen LogP) is 3.18. The molecular formula is C16H28N2O. The molecule has 1 atom stereocenters. The lowest BCUT2D eigenvalue weighted by atomic mass is 10.0. The Labute approximate surface area is 117 Å². The smallest absolute Gasteiger partial charge is 0.125 e. The maximum Gasteiger partial charge on any atom is 0.125 e. The Hall–Kier alpha value is -1.22. The molecule has 3 heteroatoms. The molecule has 1 unspecified atom stereocenters. The highest BCUT2D eigenvalue weighted by molar-refractivity contribution is 5.62. The summed E-state index contributed by atoms with van der Waals surface area (Å²) in [5.74, 6) is 1.00. The van der Waals surface area contributed by atoms with Crippen LogP contribution in [0.25, 0.3) is 0 Å². The van der Waals surface area contributed by atoms with E-state index in [4.69, 9.17) is 10.5 Å². The average molecular weight is 264 g/mol. The van der Waals surface area contributed by atoms with Crippen molar-refractivity contribution in [3.63, 3.8) is 0 Å². The first-order valence-electron chi connectivity index (χ1n) is 7.00. The van der Waals surface area contributed by atoms with Crippen molar-refractivity contribution in [3.8, 4) is 5.75 Å². The van der Waals surface area contributed by atoms with E-state index in [2.05, 4.69) is 45.7 Å². The fourth-order valence-electron chi connectivity index (χ4n) is 2.52. The van der Waals surface area contributed by atoms with E-state index in [1.165, 1.54) is 22.4 Å². The van der Waals surface area contributed by atoms with Crippen molar-refractivity contribution >= 4 is 5.69 Å². The molecule has 1 aromatic carbocycles. The van der Waals surface area contributed by atoms with Gasteiger partial charge in [0.2, 0.25) is 0 Å². The molecule has 0 fully saturated rings. The van der Waals surface area contributed by atoms with Gasteiger partial charge >= 0.3 is 0 Å². The third-order valence-electron chi connectivity index (χ3n) is 3.77. The number of anilines is 1. The molecule has 0 bridgehead atoms. The van der Waals surface area contributed by atoms with E-state index in [1.54, 1.807) is 7.11 Å². The highest BCUT2D eigenvalue weighted by atomic mass is 16.5.